The van der Waals surface area contributed by atoms with E-state index in [2.05, 4.69) is 26.3 Å². The summed E-state index contributed by atoms with van der Waals surface area (Å²) >= 11 is 1.06. The summed E-state index contributed by atoms with van der Waals surface area (Å²) in [4.78, 5) is 23.1. The molecule has 7 heteroatoms. The first-order valence-corrected chi connectivity index (χ1v) is 7.98. The maximum atomic E-state index is 11.7. The molecule has 0 atom stereocenters. The molecule has 6 nitrogen and oxygen atoms in total. The van der Waals surface area contributed by atoms with Crippen molar-refractivity contribution in [2.45, 2.75) is 18.8 Å². The molecule has 23 heavy (non-hydrogen) atoms. The van der Waals surface area contributed by atoms with Crippen LogP contribution in [0.2, 0.25) is 0 Å². The predicted molar refractivity (Wildman–Crippen MR) is 89.3 cm³/mol. The molecule has 0 bridgehead atoms. The number of methoxy groups -OCH3 is 1. The van der Waals surface area contributed by atoms with Gasteiger partial charge in [-0.3, -0.25) is 10.1 Å². The summed E-state index contributed by atoms with van der Waals surface area (Å²) in [6.07, 6.45) is 5.25. The molecule has 2 fully saturated rings. The number of hydrogen-bond donors (Lipinski definition) is 1. The molecule has 3 rings (SSSR count). The lowest BCUT2D eigenvalue weighted by Crippen LogP contribution is -2.19. The number of hydrogen-bond acceptors (Lipinski definition) is 6. The Morgan fingerprint density at radius 1 is 1.39 bits per heavy atom. The SMILES string of the molecule is COC(=O)/C=C1/S/C(=N\N=Cc2ccccc2C2CC2)NC1=O. The number of thioether (sulfide) groups is 1. The Kier molecular flexibility index (Phi) is 4.57. The average Bonchev–Trinajstić information content (AvgIpc) is 3.33. The number of carbonyl (C=O) groups is 2. The molecule has 1 saturated carbocycles. The van der Waals surface area contributed by atoms with Crippen LogP contribution in [0.25, 0.3) is 0 Å². The van der Waals surface area contributed by atoms with Crippen molar-refractivity contribution >= 4 is 35.0 Å². The lowest BCUT2D eigenvalue weighted by molar-refractivity contribution is -0.135. The zero-order chi connectivity index (χ0) is 16.2. The van der Waals surface area contributed by atoms with Gasteiger partial charge < -0.3 is 4.74 Å². The van der Waals surface area contributed by atoms with Crippen molar-refractivity contribution < 1.29 is 14.3 Å². The number of carbonyl (C=O) groups excluding carboxylic acids is 2. The zero-order valence-electron chi connectivity index (χ0n) is 12.5. The fourth-order valence-corrected chi connectivity index (χ4v) is 2.92. The highest BCUT2D eigenvalue weighted by Gasteiger charge is 2.26. The van der Waals surface area contributed by atoms with Crippen LogP contribution in [0, 0.1) is 0 Å². The lowest BCUT2D eigenvalue weighted by atomic mass is 10.0. The van der Waals surface area contributed by atoms with Crippen LogP contribution in [0.1, 0.15) is 29.9 Å². The summed E-state index contributed by atoms with van der Waals surface area (Å²) in [5.41, 5.74) is 2.32. The first-order valence-electron chi connectivity index (χ1n) is 7.16. The minimum absolute atomic E-state index is 0.240. The van der Waals surface area contributed by atoms with Gasteiger partial charge in [0.05, 0.1) is 18.2 Å². The highest BCUT2D eigenvalue weighted by molar-refractivity contribution is 8.18. The molecule has 1 aromatic rings. The van der Waals surface area contributed by atoms with Crippen molar-refractivity contribution in [3.63, 3.8) is 0 Å². The minimum atomic E-state index is -0.578. The second-order valence-corrected chi connectivity index (χ2v) is 6.17. The Balaban J connectivity index is 1.70. The van der Waals surface area contributed by atoms with Gasteiger partial charge in [0.2, 0.25) is 0 Å². The van der Waals surface area contributed by atoms with E-state index in [1.54, 1.807) is 6.21 Å². The molecule has 1 N–H and O–H groups in total. The van der Waals surface area contributed by atoms with Gasteiger partial charge in [0.15, 0.2) is 5.17 Å². The maximum absolute atomic E-state index is 11.7. The third-order valence-corrected chi connectivity index (χ3v) is 4.36. The molecule has 1 aliphatic heterocycles. The number of ether oxygens (including phenoxy) is 1. The topological polar surface area (TPSA) is 80.1 Å². The summed E-state index contributed by atoms with van der Waals surface area (Å²) in [5, 5.41) is 10.9. The van der Waals surface area contributed by atoms with Crippen molar-refractivity contribution in [2.75, 3.05) is 7.11 Å². The van der Waals surface area contributed by atoms with Crippen molar-refractivity contribution in [1.29, 1.82) is 0 Å². The summed E-state index contributed by atoms with van der Waals surface area (Å²) < 4.78 is 4.50. The second kappa shape index (κ2) is 6.78. The van der Waals surface area contributed by atoms with Gasteiger partial charge in [0.25, 0.3) is 5.91 Å². The second-order valence-electron chi connectivity index (χ2n) is 5.14. The van der Waals surface area contributed by atoms with Crippen molar-refractivity contribution in [2.24, 2.45) is 10.2 Å². The lowest BCUT2D eigenvalue weighted by Gasteiger charge is -2.01. The first kappa shape index (κ1) is 15.5. The molecule has 1 aliphatic carbocycles. The number of amidine groups is 1. The van der Waals surface area contributed by atoms with E-state index in [0.717, 1.165) is 23.4 Å². The van der Waals surface area contributed by atoms with E-state index < -0.39 is 5.97 Å². The Bertz CT molecular complexity index is 736. The Morgan fingerprint density at radius 3 is 2.91 bits per heavy atom. The van der Waals surface area contributed by atoms with Crippen LogP contribution in [0.5, 0.6) is 0 Å². The van der Waals surface area contributed by atoms with Gasteiger partial charge in [-0.15, -0.1) is 5.10 Å². The zero-order valence-corrected chi connectivity index (χ0v) is 13.3. The van der Waals surface area contributed by atoms with Gasteiger partial charge in [-0.25, -0.2) is 4.79 Å². The molecule has 0 spiro atoms. The first-order chi connectivity index (χ1) is 11.2. The predicted octanol–water partition coefficient (Wildman–Crippen LogP) is 2.17. The summed E-state index contributed by atoms with van der Waals surface area (Å²) in [6.45, 7) is 0. The maximum Gasteiger partial charge on any atom is 0.331 e. The van der Waals surface area contributed by atoms with E-state index in [1.165, 1.54) is 25.5 Å². The molecule has 0 radical (unpaired) electrons. The fraction of sp³-hybridized carbons (Fsp3) is 0.250. The highest BCUT2D eigenvalue weighted by atomic mass is 32.2. The van der Waals surface area contributed by atoms with Gasteiger partial charge in [0, 0.05) is 6.08 Å². The number of rotatable bonds is 4. The summed E-state index contributed by atoms with van der Waals surface area (Å²) in [5.74, 6) is -0.334. The molecule has 0 aromatic heterocycles. The van der Waals surface area contributed by atoms with Gasteiger partial charge in [-0.1, -0.05) is 24.3 Å². The van der Waals surface area contributed by atoms with Gasteiger partial charge in [-0.2, -0.15) is 5.10 Å². The van der Waals surface area contributed by atoms with E-state index >= 15 is 0 Å². The number of benzene rings is 1. The van der Waals surface area contributed by atoms with Crippen molar-refractivity contribution in [1.82, 2.24) is 5.32 Å². The quantitative estimate of drug-likeness (QED) is 0.397. The number of nitrogens with one attached hydrogen (secondary N) is 1. The molecule has 1 saturated heterocycles. The number of amides is 1. The Morgan fingerprint density at radius 2 is 2.17 bits per heavy atom. The van der Waals surface area contributed by atoms with Crippen molar-refractivity contribution in [3.05, 3.63) is 46.4 Å². The van der Waals surface area contributed by atoms with Crippen LogP contribution in [-0.2, 0) is 14.3 Å². The van der Waals surface area contributed by atoms with E-state index in [9.17, 15) is 9.59 Å². The van der Waals surface area contributed by atoms with Crippen LogP contribution in [0.3, 0.4) is 0 Å². The minimum Gasteiger partial charge on any atom is -0.466 e. The third kappa shape index (κ3) is 3.87. The molecule has 2 aliphatic rings. The molecule has 0 unspecified atom stereocenters. The third-order valence-electron chi connectivity index (χ3n) is 3.46. The molecule has 1 amide bonds. The van der Waals surface area contributed by atoms with E-state index in [-0.39, 0.29) is 10.8 Å². The number of esters is 1. The van der Waals surface area contributed by atoms with Gasteiger partial charge in [-0.05, 0) is 41.6 Å². The van der Waals surface area contributed by atoms with Crippen LogP contribution < -0.4 is 5.32 Å². The molecule has 1 heterocycles. The monoisotopic (exact) mass is 329 g/mol. The smallest absolute Gasteiger partial charge is 0.331 e. The van der Waals surface area contributed by atoms with E-state index in [1.807, 2.05) is 18.2 Å². The molecule has 1 aromatic carbocycles. The standard InChI is InChI=1S/C16H15N3O3S/c1-22-14(20)8-13-15(21)18-16(23-13)19-17-9-11-4-2-3-5-12(11)10-6-7-10/h2-5,8-10H,6-7H2,1H3,(H,18,19,21)/b13-8+,17-9?. The van der Waals surface area contributed by atoms with Crippen molar-refractivity contribution in [3.8, 4) is 0 Å². The van der Waals surface area contributed by atoms with E-state index in [4.69, 9.17) is 0 Å². The summed E-state index contributed by atoms with van der Waals surface area (Å²) in [6, 6.07) is 8.09. The Hall–Kier alpha value is -2.41. The molecule has 118 valence electrons. The molecular formula is C16H15N3O3S. The van der Waals surface area contributed by atoms with Gasteiger partial charge >= 0.3 is 5.97 Å². The van der Waals surface area contributed by atoms with Gasteiger partial charge in [0.1, 0.15) is 0 Å². The van der Waals surface area contributed by atoms with Crippen LogP contribution >= 0.6 is 11.8 Å². The summed E-state index contributed by atoms with van der Waals surface area (Å²) in [7, 11) is 1.26. The Labute approximate surface area is 137 Å². The largest absolute Gasteiger partial charge is 0.466 e. The van der Waals surface area contributed by atoms with Crippen LogP contribution in [0.15, 0.2) is 45.4 Å². The average molecular weight is 329 g/mol. The van der Waals surface area contributed by atoms with Crippen LogP contribution in [0.4, 0.5) is 0 Å². The highest BCUT2D eigenvalue weighted by Crippen LogP contribution is 2.41. The van der Waals surface area contributed by atoms with E-state index in [0.29, 0.717) is 11.1 Å². The van der Waals surface area contributed by atoms with Crippen LogP contribution in [-0.4, -0.2) is 30.4 Å². The molecular weight excluding hydrogens is 314 g/mol. The normalized spacial score (nSPS) is 21.2. The fourth-order valence-electron chi connectivity index (χ4n) is 2.18. The number of nitrogens with zero attached hydrogens (tertiary/aromatic N) is 2.